The standard InChI is InChI=1S/C5H7NOS2.Au/c1-5(2)3(7)6-4(8)9-5;/h1-2H3,(H,6,7,8);/q;+1. The zero-order chi connectivity index (χ0) is 7.07. The molecule has 0 radical (unpaired) electrons. The van der Waals surface area contributed by atoms with E-state index in [2.05, 4.69) is 5.32 Å². The van der Waals surface area contributed by atoms with Crippen LogP contribution in [0.15, 0.2) is 0 Å². The summed E-state index contributed by atoms with van der Waals surface area (Å²) in [5, 5.41) is 2.56. The number of thioether (sulfide) groups is 1. The van der Waals surface area contributed by atoms with E-state index in [1.165, 1.54) is 11.8 Å². The average Bonchev–Trinajstić information content (AvgIpc) is 1.79. The molecule has 1 heterocycles. The summed E-state index contributed by atoms with van der Waals surface area (Å²) in [6.07, 6.45) is 0. The first-order valence-corrected chi connectivity index (χ1v) is 3.79. The molecule has 10 heavy (non-hydrogen) atoms. The van der Waals surface area contributed by atoms with E-state index in [0.717, 1.165) is 0 Å². The van der Waals surface area contributed by atoms with Crippen LogP contribution in [0.2, 0.25) is 0 Å². The molecule has 0 atom stereocenters. The molecule has 1 aliphatic heterocycles. The van der Waals surface area contributed by atoms with Gasteiger partial charge in [-0.15, -0.1) is 0 Å². The molecule has 1 N–H and O–H groups in total. The fourth-order valence-corrected chi connectivity index (χ4v) is 2.02. The number of carbonyl (C=O) groups excluding carboxylic acids is 1. The molecule has 0 aromatic carbocycles. The Kier molecular flexibility index (Phi) is 3.58. The van der Waals surface area contributed by atoms with Crippen LogP contribution >= 0.6 is 24.0 Å². The van der Waals surface area contributed by atoms with Crippen LogP contribution in [0, 0.1) is 0 Å². The predicted molar refractivity (Wildman–Crippen MR) is 42.4 cm³/mol. The molecular weight excluding hydrogens is 351 g/mol. The van der Waals surface area contributed by atoms with Crippen molar-refractivity contribution in [3.05, 3.63) is 0 Å². The molecule has 0 spiro atoms. The predicted octanol–water partition coefficient (Wildman–Crippen LogP) is 0.910. The largest absolute Gasteiger partial charge is 1.00 e. The summed E-state index contributed by atoms with van der Waals surface area (Å²) in [7, 11) is 0. The summed E-state index contributed by atoms with van der Waals surface area (Å²) in [6.45, 7) is 3.71. The van der Waals surface area contributed by atoms with Gasteiger partial charge in [0, 0.05) is 0 Å². The van der Waals surface area contributed by atoms with E-state index in [0.29, 0.717) is 4.32 Å². The minimum absolute atomic E-state index is 0. The number of thiocarbonyl (C=S) groups is 1. The van der Waals surface area contributed by atoms with Crippen molar-refractivity contribution in [2.24, 2.45) is 0 Å². The van der Waals surface area contributed by atoms with E-state index in [-0.39, 0.29) is 33.0 Å². The molecule has 0 aliphatic carbocycles. The molecule has 0 saturated carbocycles. The van der Waals surface area contributed by atoms with Crippen molar-refractivity contribution in [2.45, 2.75) is 18.6 Å². The van der Waals surface area contributed by atoms with Crippen LogP contribution in [-0.4, -0.2) is 15.0 Å². The van der Waals surface area contributed by atoms with Crippen LogP contribution in [0.1, 0.15) is 13.8 Å². The number of hydrogen-bond acceptors (Lipinski definition) is 3. The molecule has 0 bridgehead atoms. The Balaban J connectivity index is 0.000000810. The molecule has 1 rings (SSSR count). The first-order valence-electron chi connectivity index (χ1n) is 2.57. The second kappa shape index (κ2) is 3.36. The topological polar surface area (TPSA) is 29.1 Å². The Hall–Kier alpha value is 0.650. The maximum Gasteiger partial charge on any atom is 1.00 e. The summed E-state index contributed by atoms with van der Waals surface area (Å²) in [5.74, 6) is 0.0116. The van der Waals surface area contributed by atoms with Gasteiger partial charge in [-0.3, -0.25) is 4.79 Å². The van der Waals surface area contributed by atoms with Crippen molar-refractivity contribution in [2.75, 3.05) is 0 Å². The maximum absolute atomic E-state index is 10.9. The molecule has 5 heteroatoms. The van der Waals surface area contributed by atoms with Gasteiger partial charge in [-0.2, -0.15) is 0 Å². The Morgan fingerprint density at radius 3 is 2.20 bits per heavy atom. The van der Waals surface area contributed by atoms with Gasteiger partial charge in [0.25, 0.3) is 0 Å². The number of amides is 1. The van der Waals surface area contributed by atoms with Crippen LogP contribution in [-0.2, 0) is 27.2 Å². The molecule has 0 aromatic rings. The first-order chi connectivity index (χ1) is 4.02. The normalized spacial score (nSPS) is 21.8. The van der Waals surface area contributed by atoms with Gasteiger partial charge in [0.1, 0.15) is 4.32 Å². The van der Waals surface area contributed by atoms with E-state index in [1.54, 1.807) is 0 Å². The van der Waals surface area contributed by atoms with E-state index in [4.69, 9.17) is 12.2 Å². The molecule has 1 aliphatic rings. The molecule has 0 aromatic heterocycles. The fourth-order valence-electron chi connectivity index (χ4n) is 0.547. The van der Waals surface area contributed by atoms with Crippen molar-refractivity contribution in [3.8, 4) is 0 Å². The summed E-state index contributed by atoms with van der Waals surface area (Å²) in [6, 6.07) is 0. The Bertz CT molecular complexity index is 180. The SMILES string of the molecule is CC1(C)SC(=S)NC1=O.[Au+]. The number of hydrogen-bond donors (Lipinski definition) is 1. The second-order valence-electron chi connectivity index (χ2n) is 2.35. The summed E-state index contributed by atoms with van der Waals surface area (Å²) in [4.78, 5) is 10.9. The van der Waals surface area contributed by atoms with Gasteiger partial charge in [0.2, 0.25) is 5.91 Å². The Morgan fingerprint density at radius 2 is 2.10 bits per heavy atom. The molecule has 2 nitrogen and oxygen atoms in total. The van der Waals surface area contributed by atoms with Gasteiger partial charge < -0.3 is 5.32 Å². The van der Waals surface area contributed by atoms with Gasteiger partial charge in [-0.05, 0) is 13.8 Å². The minimum atomic E-state index is -0.350. The molecule has 1 amide bonds. The third-order valence-corrected chi connectivity index (χ3v) is 2.45. The zero-order valence-electron chi connectivity index (χ0n) is 5.53. The molecular formula is C5H7AuNOS2+. The van der Waals surface area contributed by atoms with Crippen molar-refractivity contribution in [1.29, 1.82) is 0 Å². The third kappa shape index (κ3) is 2.07. The maximum atomic E-state index is 10.9. The van der Waals surface area contributed by atoms with Gasteiger partial charge in [-0.1, -0.05) is 24.0 Å². The van der Waals surface area contributed by atoms with Crippen LogP contribution in [0.25, 0.3) is 0 Å². The Morgan fingerprint density at radius 1 is 1.60 bits per heavy atom. The fraction of sp³-hybridized carbons (Fsp3) is 0.600. The van der Waals surface area contributed by atoms with E-state index >= 15 is 0 Å². The molecule has 60 valence electrons. The van der Waals surface area contributed by atoms with Gasteiger partial charge in [-0.25, -0.2) is 0 Å². The van der Waals surface area contributed by atoms with Crippen LogP contribution < -0.4 is 5.32 Å². The van der Waals surface area contributed by atoms with Crippen LogP contribution in [0.3, 0.4) is 0 Å². The first kappa shape index (κ1) is 10.7. The van der Waals surface area contributed by atoms with Gasteiger partial charge in [0.05, 0.1) is 4.75 Å². The van der Waals surface area contributed by atoms with Crippen molar-refractivity contribution >= 4 is 34.2 Å². The van der Waals surface area contributed by atoms with E-state index < -0.39 is 0 Å². The second-order valence-corrected chi connectivity index (χ2v) is 4.65. The van der Waals surface area contributed by atoms with E-state index in [9.17, 15) is 4.79 Å². The number of carbonyl (C=O) groups is 1. The van der Waals surface area contributed by atoms with Crippen molar-refractivity contribution in [1.82, 2.24) is 5.32 Å². The van der Waals surface area contributed by atoms with Gasteiger partial charge in [0.15, 0.2) is 0 Å². The summed E-state index contributed by atoms with van der Waals surface area (Å²) in [5.41, 5.74) is 0. The molecule has 0 unspecified atom stereocenters. The third-order valence-electron chi connectivity index (χ3n) is 1.11. The smallest absolute Gasteiger partial charge is 0.310 e. The average molecular weight is 358 g/mol. The van der Waals surface area contributed by atoms with Crippen molar-refractivity contribution in [3.63, 3.8) is 0 Å². The zero-order valence-corrected chi connectivity index (χ0v) is 9.33. The monoisotopic (exact) mass is 358 g/mol. The summed E-state index contributed by atoms with van der Waals surface area (Å²) < 4.78 is 0.238. The molecule has 1 saturated heterocycles. The van der Waals surface area contributed by atoms with Crippen LogP contribution in [0.4, 0.5) is 0 Å². The van der Waals surface area contributed by atoms with E-state index in [1.807, 2.05) is 13.8 Å². The number of nitrogens with one attached hydrogen (secondary N) is 1. The quantitative estimate of drug-likeness (QED) is 0.516. The molecule has 1 fully saturated rings. The van der Waals surface area contributed by atoms with Crippen LogP contribution in [0.5, 0.6) is 0 Å². The summed E-state index contributed by atoms with van der Waals surface area (Å²) >= 11 is 6.18. The minimum Gasteiger partial charge on any atom is -0.310 e. The van der Waals surface area contributed by atoms with Gasteiger partial charge >= 0.3 is 22.4 Å². The Labute approximate surface area is 85.0 Å². The number of rotatable bonds is 0. The van der Waals surface area contributed by atoms with Crippen molar-refractivity contribution < 1.29 is 27.2 Å².